The van der Waals surface area contributed by atoms with Crippen LogP contribution in [0.3, 0.4) is 0 Å². The van der Waals surface area contributed by atoms with Gasteiger partial charge < -0.3 is 9.47 Å². The van der Waals surface area contributed by atoms with Gasteiger partial charge in [-0.15, -0.1) is 0 Å². The van der Waals surface area contributed by atoms with Crippen LogP contribution in [0.15, 0.2) is 24.3 Å². The van der Waals surface area contributed by atoms with Gasteiger partial charge in [0.2, 0.25) is 0 Å². The van der Waals surface area contributed by atoms with Crippen LogP contribution in [0.2, 0.25) is 39.3 Å². The molecule has 1 aliphatic rings. The van der Waals surface area contributed by atoms with Gasteiger partial charge in [0.1, 0.15) is 18.1 Å². The summed E-state index contributed by atoms with van der Waals surface area (Å²) in [4.78, 5) is 0. The van der Waals surface area contributed by atoms with Gasteiger partial charge in [-0.3, -0.25) is 0 Å². The second-order valence-electron chi connectivity index (χ2n) is 11.1. The molecule has 3 rings (SSSR count). The summed E-state index contributed by atoms with van der Waals surface area (Å²) in [5.74, 6) is 1.96. The molecule has 0 radical (unpaired) electrons. The number of fused-ring (bicyclic) bond motifs is 3. The minimum atomic E-state index is -1.51. The smallest absolute Gasteiger partial charge is 0.131 e. The molecular formula is C26H40O2Si2. The van der Waals surface area contributed by atoms with Crippen molar-refractivity contribution >= 4 is 21.3 Å². The molecule has 0 aromatic heterocycles. The van der Waals surface area contributed by atoms with Crippen molar-refractivity contribution in [3.05, 3.63) is 41.0 Å². The maximum Gasteiger partial charge on any atom is 0.131 e. The number of hydrogen-bond acceptors (Lipinski definition) is 2. The van der Waals surface area contributed by atoms with E-state index in [0.29, 0.717) is 6.61 Å². The molecule has 0 atom stereocenters. The van der Waals surface area contributed by atoms with Crippen molar-refractivity contribution in [2.75, 3.05) is 7.11 Å². The lowest BCUT2D eigenvalue weighted by Gasteiger charge is -2.31. The number of benzene rings is 2. The number of aryl methyl sites for hydroxylation is 1. The molecule has 2 aromatic rings. The maximum absolute atomic E-state index is 6.37. The highest BCUT2D eigenvalue weighted by atomic mass is 28.3. The van der Waals surface area contributed by atoms with Gasteiger partial charge in [0.15, 0.2) is 0 Å². The second kappa shape index (κ2) is 8.92. The summed E-state index contributed by atoms with van der Waals surface area (Å²) in [5.41, 5.74) is 6.72. The minimum Gasteiger partial charge on any atom is -0.496 e. The van der Waals surface area contributed by atoms with E-state index in [-0.39, 0.29) is 0 Å². The van der Waals surface area contributed by atoms with Gasteiger partial charge in [0.05, 0.1) is 20.7 Å². The van der Waals surface area contributed by atoms with E-state index in [0.717, 1.165) is 23.5 Å². The molecule has 0 saturated carbocycles. The Labute approximate surface area is 186 Å². The van der Waals surface area contributed by atoms with Crippen LogP contribution in [0, 0.1) is 0 Å². The Morgan fingerprint density at radius 2 is 1.67 bits per heavy atom. The van der Waals surface area contributed by atoms with Crippen LogP contribution in [0.4, 0.5) is 0 Å². The predicted octanol–water partition coefficient (Wildman–Crippen LogP) is 6.95. The molecule has 2 aromatic carbocycles. The van der Waals surface area contributed by atoms with E-state index in [1.54, 1.807) is 12.3 Å². The molecule has 30 heavy (non-hydrogen) atoms. The van der Waals surface area contributed by atoms with E-state index in [4.69, 9.17) is 9.47 Å². The van der Waals surface area contributed by atoms with Crippen molar-refractivity contribution in [3.8, 4) is 22.6 Å². The van der Waals surface area contributed by atoms with E-state index in [9.17, 15) is 0 Å². The van der Waals surface area contributed by atoms with E-state index >= 15 is 0 Å². The third-order valence-corrected chi connectivity index (χ3v) is 9.44. The van der Waals surface area contributed by atoms with E-state index < -0.39 is 16.1 Å². The summed E-state index contributed by atoms with van der Waals surface area (Å²) in [7, 11) is -0.923. The lowest BCUT2D eigenvalue weighted by atomic mass is 9.92. The van der Waals surface area contributed by atoms with Crippen molar-refractivity contribution in [2.45, 2.75) is 84.5 Å². The molecule has 4 heteroatoms. The van der Waals surface area contributed by atoms with Crippen LogP contribution >= 0.6 is 0 Å². The standard InChI is InChI=1S/C26H40O2Si2/c1-9-10-11-12-19-14-23(27-2)26-21-13-20(18-29(3,4)5)16-25(30(6,7)8)22(21)17-28-24(26)15-19/h13-16H,9-12,17-18H2,1-8H3. The van der Waals surface area contributed by atoms with Gasteiger partial charge in [0.25, 0.3) is 0 Å². The Kier molecular flexibility index (Phi) is 6.88. The lowest BCUT2D eigenvalue weighted by molar-refractivity contribution is 0.300. The zero-order valence-electron chi connectivity index (χ0n) is 20.4. The molecule has 0 N–H and O–H groups in total. The molecule has 1 heterocycles. The van der Waals surface area contributed by atoms with E-state index in [1.807, 2.05) is 0 Å². The summed E-state index contributed by atoms with van der Waals surface area (Å²) < 4.78 is 12.3. The Morgan fingerprint density at radius 3 is 2.27 bits per heavy atom. The molecule has 0 spiro atoms. The second-order valence-corrected chi connectivity index (χ2v) is 21.6. The fourth-order valence-corrected chi connectivity index (χ4v) is 7.71. The first kappa shape index (κ1) is 23.1. The monoisotopic (exact) mass is 440 g/mol. The van der Waals surface area contributed by atoms with Crippen LogP contribution in [0.5, 0.6) is 11.5 Å². The van der Waals surface area contributed by atoms with Gasteiger partial charge in [-0.2, -0.15) is 0 Å². The van der Waals surface area contributed by atoms with Crippen LogP contribution in [0.25, 0.3) is 11.1 Å². The van der Waals surface area contributed by atoms with Crippen molar-refractivity contribution in [1.29, 1.82) is 0 Å². The zero-order chi connectivity index (χ0) is 22.1. The average molecular weight is 441 g/mol. The summed E-state index contributed by atoms with van der Waals surface area (Å²) in [6.07, 6.45) is 4.81. The zero-order valence-corrected chi connectivity index (χ0v) is 22.4. The van der Waals surface area contributed by atoms with E-state index in [1.165, 1.54) is 47.6 Å². The Bertz CT molecular complexity index is 887. The SMILES string of the molecule is CCCCCc1cc(OC)c2c(c1)OCc1c-2cc(C[Si](C)(C)C)cc1[Si](C)(C)C. The fraction of sp³-hybridized carbons (Fsp3) is 0.538. The number of unbranched alkanes of at least 4 members (excludes halogenated alkanes) is 2. The van der Waals surface area contributed by atoms with Gasteiger partial charge in [-0.25, -0.2) is 0 Å². The van der Waals surface area contributed by atoms with E-state index in [2.05, 4.69) is 70.5 Å². The molecule has 0 bridgehead atoms. The lowest BCUT2D eigenvalue weighted by Crippen LogP contribution is -2.42. The first-order valence-corrected chi connectivity index (χ1v) is 18.7. The number of ether oxygens (including phenoxy) is 2. The van der Waals surface area contributed by atoms with Crippen LogP contribution in [-0.2, 0) is 19.1 Å². The average Bonchev–Trinajstić information content (AvgIpc) is 2.64. The quantitative estimate of drug-likeness (QED) is 0.326. The highest BCUT2D eigenvalue weighted by Crippen LogP contribution is 2.45. The minimum absolute atomic E-state index is 0.677. The number of methoxy groups -OCH3 is 1. The summed E-state index contributed by atoms with van der Waals surface area (Å²) in [6, 6.07) is 10.7. The molecule has 0 amide bonds. The first-order valence-electron chi connectivity index (χ1n) is 11.5. The van der Waals surface area contributed by atoms with Gasteiger partial charge >= 0.3 is 0 Å². The van der Waals surface area contributed by atoms with Crippen molar-refractivity contribution in [2.24, 2.45) is 0 Å². The highest BCUT2D eigenvalue weighted by molar-refractivity contribution is 6.89. The molecule has 0 fully saturated rings. The predicted molar refractivity (Wildman–Crippen MR) is 136 cm³/mol. The normalized spacial score (nSPS) is 13.5. The van der Waals surface area contributed by atoms with Gasteiger partial charge in [0, 0.05) is 8.07 Å². The Balaban J connectivity index is 2.16. The van der Waals surface area contributed by atoms with Crippen LogP contribution in [0.1, 0.15) is 42.9 Å². The third-order valence-electron chi connectivity index (χ3n) is 5.91. The van der Waals surface area contributed by atoms with Gasteiger partial charge in [-0.1, -0.05) is 81.9 Å². The molecule has 0 saturated heterocycles. The third kappa shape index (κ3) is 5.20. The van der Waals surface area contributed by atoms with Crippen molar-refractivity contribution in [3.63, 3.8) is 0 Å². The summed E-state index contributed by atoms with van der Waals surface area (Å²) >= 11 is 0. The molecule has 164 valence electrons. The largest absolute Gasteiger partial charge is 0.496 e. The fourth-order valence-electron chi connectivity index (χ4n) is 4.55. The van der Waals surface area contributed by atoms with Crippen LogP contribution in [-0.4, -0.2) is 23.3 Å². The van der Waals surface area contributed by atoms with Gasteiger partial charge in [-0.05, 0) is 47.7 Å². The van der Waals surface area contributed by atoms with Crippen LogP contribution < -0.4 is 14.7 Å². The molecule has 0 aliphatic carbocycles. The molecular weight excluding hydrogens is 400 g/mol. The summed E-state index contributed by atoms with van der Waals surface area (Å²) in [6.45, 7) is 17.7. The Morgan fingerprint density at radius 1 is 0.933 bits per heavy atom. The Hall–Kier alpha value is -1.53. The van der Waals surface area contributed by atoms with Crippen molar-refractivity contribution < 1.29 is 9.47 Å². The number of hydrogen-bond donors (Lipinski definition) is 0. The van der Waals surface area contributed by atoms with Crippen molar-refractivity contribution in [1.82, 2.24) is 0 Å². The molecule has 1 aliphatic heterocycles. The summed E-state index contributed by atoms with van der Waals surface area (Å²) in [5, 5.41) is 1.55. The number of rotatable bonds is 8. The maximum atomic E-state index is 6.37. The molecule has 0 unspecified atom stereocenters. The first-order chi connectivity index (χ1) is 14.0. The highest BCUT2D eigenvalue weighted by Gasteiger charge is 2.30. The topological polar surface area (TPSA) is 18.5 Å². The molecule has 2 nitrogen and oxygen atoms in total.